The molecule has 0 aliphatic heterocycles. The maximum absolute atomic E-state index is 9.65. The third kappa shape index (κ3) is 7.69. The zero-order valence-electron chi connectivity index (χ0n) is 25.9. The van der Waals surface area contributed by atoms with E-state index in [0.29, 0.717) is 56.8 Å². The van der Waals surface area contributed by atoms with Crippen molar-refractivity contribution in [2.75, 3.05) is 10.6 Å². The molecule has 0 aromatic carbocycles. The fraction of sp³-hybridized carbons (Fsp3) is 0.312. The van der Waals surface area contributed by atoms with E-state index in [9.17, 15) is 10.2 Å². The number of aromatic amines is 2. The Kier molecular flexibility index (Phi) is 9.45. The third-order valence-electron chi connectivity index (χ3n) is 7.73. The number of hydrogen-bond donors (Lipinski definition) is 6. The van der Waals surface area contributed by atoms with E-state index < -0.39 is 12.2 Å². The van der Waals surface area contributed by atoms with Gasteiger partial charge in [-0.3, -0.25) is 10.2 Å². The van der Waals surface area contributed by atoms with Crippen LogP contribution in [-0.4, -0.2) is 50.5 Å². The van der Waals surface area contributed by atoms with E-state index in [1.807, 2.05) is 36.4 Å². The van der Waals surface area contributed by atoms with E-state index in [-0.39, 0.29) is 0 Å². The number of aliphatic hydroxyl groups is 2. The number of hydrogen-bond acceptors (Lipinski definition) is 12. The lowest BCUT2D eigenvalue weighted by molar-refractivity contribution is 0.203. The fourth-order valence-electron chi connectivity index (χ4n) is 4.79. The maximum Gasteiger partial charge on any atom is 0.171 e. The van der Waals surface area contributed by atoms with Gasteiger partial charge in [0.2, 0.25) is 0 Å². The number of aromatic nitrogens is 8. The van der Waals surface area contributed by atoms with Crippen molar-refractivity contribution in [1.82, 2.24) is 40.3 Å². The highest BCUT2D eigenvalue weighted by Gasteiger charge is 2.26. The lowest BCUT2D eigenvalue weighted by atomic mass is 10.3. The highest BCUT2D eigenvalue weighted by molar-refractivity contribution is 7.15. The quantitative estimate of drug-likeness (QED) is 0.0804. The van der Waals surface area contributed by atoms with Crippen molar-refractivity contribution < 1.29 is 10.2 Å². The smallest absolute Gasteiger partial charge is 0.171 e. The number of anilines is 4. The average Bonchev–Trinajstić information content (AvgIpc) is 3.82. The van der Waals surface area contributed by atoms with Crippen molar-refractivity contribution in [2.45, 2.75) is 63.6 Å². The van der Waals surface area contributed by atoms with Gasteiger partial charge < -0.3 is 20.8 Å². The van der Waals surface area contributed by atoms with Gasteiger partial charge in [-0.15, -0.1) is 22.7 Å². The van der Waals surface area contributed by atoms with E-state index in [0.717, 1.165) is 30.9 Å². The summed E-state index contributed by atoms with van der Waals surface area (Å²) >= 11 is 15.3. The second-order valence-corrected chi connectivity index (χ2v) is 14.8. The second kappa shape index (κ2) is 13.9. The number of thiophene rings is 2. The third-order valence-corrected chi connectivity index (χ3v) is 10.8. The predicted molar refractivity (Wildman–Crippen MR) is 190 cm³/mol. The number of nitrogens with one attached hydrogen (secondary N) is 4. The molecule has 6 N–H and O–H groups in total. The van der Waals surface area contributed by atoms with E-state index in [1.54, 1.807) is 26.2 Å². The minimum atomic E-state index is -0.501. The molecule has 6 aromatic rings. The van der Waals surface area contributed by atoms with Crippen molar-refractivity contribution in [1.29, 1.82) is 0 Å². The number of rotatable bonds is 10. The van der Waals surface area contributed by atoms with E-state index >= 15 is 0 Å². The molecule has 48 heavy (non-hydrogen) atoms. The van der Waals surface area contributed by atoms with Crippen molar-refractivity contribution in [2.24, 2.45) is 0 Å². The van der Waals surface area contributed by atoms with Crippen LogP contribution in [0.2, 0.25) is 10.0 Å². The SMILES string of the molecule is C[C@@H](O)c1ccc(-c2ncc(Cl)c(Nc3cc(C4CC4)[nH]n3)n2)s1.C[C@H](O)c1ccc(-c2ncc(Cl)c(Nc3cc(C4CC4)[nH]n3)n2)s1. The molecule has 0 bridgehead atoms. The van der Waals surface area contributed by atoms with Gasteiger partial charge in [-0.05, 0) is 63.8 Å². The van der Waals surface area contributed by atoms with Crippen LogP contribution in [0.1, 0.15) is 84.7 Å². The molecular formula is C32H32Cl2N10O2S2. The second-order valence-electron chi connectivity index (χ2n) is 11.8. The van der Waals surface area contributed by atoms with E-state index in [4.69, 9.17) is 23.2 Å². The van der Waals surface area contributed by atoms with Crippen molar-refractivity contribution >= 4 is 69.1 Å². The molecule has 0 radical (unpaired) electrons. The van der Waals surface area contributed by atoms with Crippen LogP contribution >= 0.6 is 45.9 Å². The Morgan fingerprint density at radius 3 is 1.48 bits per heavy atom. The Balaban J connectivity index is 0.000000152. The van der Waals surface area contributed by atoms with Gasteiger partial charge >= 0.3 is 0 Å². The number of halogens is 2. The summed E-state index contributed by atoms with van der Waals surface area (Å²) in [5.41, 5.74) is 2.28. The molecule has 12 nitrogen and oxygen atoms in total. The summed E-state index contributed by atoms with van der Waals surface area (Å²) in [6.45, 7) is 3.47. The van der Waals surface area contributed by atoms with Crippen LogP contribution < -0.4 is 10.6 Å². The van der Waals surface area contributed by atoms with Crippen LogP contribution in [0.4, 0.5) is 23.3 Å². The molecule has 8 rings (SSSR count). The molecule has 2 aliphatic rings. The van der Waals surface area contributed by atoms with Crippen molar-refractivity contribution in [3.05, 3.63) is 80.0 Å². The van der Waals surface area contributed by atoms with Gasteiger partial charge in [-0.25, -0.2) is 19.9 Å². The summed E-state index contributed by atoms with van der Waals surface area (Å²) in [6, 6.07) is 11.6. The zero-order chi connectivity index (χ0) is 33.4. The molecule has 0 amide bonds. The Morgan fingerprint density at radius 1 is 0.708 bits per heavy atom. The lowest BCUT2D eigenvalue weighted by Gasteiger charge is -2.05. The molecule has 2 atom stereocenters. The summed E-state index contributed by atoms with van der Waals surface area (Å²) in [5, 5.41) is 41.1. The minimum absolute atomic E-state index is 0.432. The van der Waals surface area contributed by atoms with Crippen LogP contribution in [-0.2, 0) is 0 Å². The molecular weight excluding hydrogens is 691 g/mol. The Hall–Kier alpha value is -3.92. The van der Waals surface area contributed by atoms with Crippen molar-refractivity contribution in [3.63, 3.8) is 0 Å². The van der Waals surface area contributed by atoms with Crippen LogP contribution in [0, 0.1) is 0 Å². The first-order valence-corrected chi connectivity index (χ1v) is 17.8. The Bertz CT molecular complexity index is 1890. The molecule has 2 fully saturated rings. The number of H-pyrrole nitrogens is 2. The van der Waals surface area contributed by atoms with E-state index in [1.165, 1.54) is 48.4 Å². The molecule has 0 unspecified atom stereocenters. The van der Waals surface area contributed by atoms with Gasteiger partial charge in [-0.1, -0.05) is 23.2 Å². The normalized spacial score (nSPS) is 15.5. The minimum Gasteiger partial charge on any atom is -0.388 e. The first-order valence-electron chi connectivity index (χ1n) is 15.5. The summed E-state index contributed by atoms with van der Waals surface area (Å²) in [6.07, 6.45) is 6.99. The van der Waals surface area contributed by atoms with E-state index in [2.05, 4.69) is 51.0 Å². The fourth-order valence-corrected chi connectivity index (χ4v) is 6.84. The Morgan fingerprint density at radius 2 is 1.12 bits per heavy atom. The first kappa shape index (κ1) is 32.6. The van der Waals surface area contributed by atoms with Gasteiger partial charge in [0.1, 0.15) is 10.0 Å². The molecule has 16 heteroatoms. The van der Waals surface area contributed by atoms with Crippen LogP contribution in [0.25, 0.3) is 21.4 Å². The molecule has 0 spiro atoms. The molecule has 6 aromatic heterocycles. The average molecular weight is 724 g/mol. The molecule has 2 saturated carbocycles. The first-order chi connectivity index (χ1) is 23.2. The standard InChI is InChI=1S/2C16H16ClN5OS/c2*1-8(23)12-4-5-13(24-12)16-18-7-10(17)15(20-16)19-14-6-11(21-22-14)9-2-3-9/h2*4-9,23H,2-3H2,1H3,(H2,18,19,20,21,22)/t2*8-/m10/s1. The molecule has 0 saturated heterocycles. The molecule has 248 valence electrons. The lowest BCUT2D eigenvalue weighted by Crippen LogP contribution is -1.98. The Labute approximate surface area is 294 Å². The van der Waals surface area contributed by atoms with Gasteiger partial charge in [-0.2, -0.15) is 10.2 Å². The highest BCUT2D eigenvalue weighted by atomic mass is 35.5. The van der Waals surface area contributed by atoms with Crippen LogP contribution in [0.5, 0.6) is 0 Å². The van der Waals surface area contributed by atoms with Gasteiger partial charge in [0.15, 0.2) is 34.9 Å². The van der Waals surface area contributed by atoms with Gasteiger partial charge in [0, 0.05) is 45.1 Å². The maximum atomic E-state index is 9.65. The van der Waals surface area contributed by atoms with Gasteiger partial charge in [0.25, 0.3) is 0 Å². The summed E-state index contributed by atoms with van der Waals surface area (Å²) in [7, 11) is 0. The summed E-state index contributed by atoms with van der Waals surface area (Å²) < 4.78 is 0. The number of nitrogens with zero attached hydrogens (tertiary/aromatic N) is 6. The van der Waals surface area contributed by atoms with Crippen molar-refractivity contribution in [3.8, 4) is 21.4 Å². The topological polar surface area (TPSA) is 173 Å². The zero-order valence-corrected chi connectivity index (χ0v) is 29.1. The van der Waals surface area contributed by atoms with Gasteiger partial charge in [0.05, 0.1) is 34.4 Å². The van der Waals surface area contributed by atoms with Crippen LogP contribution in [0.15, 0.2) is 48.8 Å². The summed E-state index contributed by atoms with van der Waals surface area (Å²) in [4.78, 5) is 21.1. The highest BCUT2D eigenvalue weighted by Crippen LogP contribution is 2.41. The largest absolute Gasteiger partial charge is 0.388 e. The molecule has 6 heterocycles. The monoisotopic (exact) mass is 722 g/mol. The summed E-state index contributed by atoms with van der Waals surface area (Å²) in [5.74, 6) is 4.76. The molecule has 2 aliphatic carbocycles. The number of aliphatic hydroxyl groups excluding tert-OH is 2. The van der Waals surface area contributed by atoms with Crippen LogP contribution in [0.3, 0.4) is 0 Å². The predicted octanol–water partition coefficient (Wildman–Crippen LogP) is 8.51.